The summed E-state index contributed by atoms with van der Waals surface area (Å²) < 4.78 is 2.07. The fourth-order valence-electron chi connectivity index (χ4n) is 3.28. The lowest BCUT2D eigenvalue weighted by atomic mass is 9.74. The van der Waals surface area contributed by atoms with Crippen LogP contribution in [-0.2, 0) is 6.42 Å². The molecule has 0 saturated heterocycles. The van der Waals surface area contributed by atoms with Crippen LogP contribution in [0.3, 0.4) is 0 Å². The molecule has 0 amide bonds. The van der Waals surface area contributed by atoms with E-state index in [-0.39, 0.29) is 5.41 Å². The van der Waals surface area contributed by atoms with Crippen molar-refractivity contribution in [2.45, 2.75) is 39.7 Å². The summed E-state index contributed by atoms with van der Waals surface area (Å²) in [6.45, 7) is 7.80. The number of nitrogens with zero attached hydrogens (tertiary/aromatic N) is 2. The van der Waals surface area contributed by atoms with E-state index >= 15 is 0 Å². The Hall–Kier alpha value is -1.32. The second kappa shape index (κ2) is 5.47. The van der Waals surface area contributed by atoms with Gasteiger partial charge in [0.05, 0.1) is 11.9 Å². The third-order valence-corrected chi connectivity index (χ3v) is 4.45. The Kier molecular flexibility index (Phi) is 3.80. The van der Waals surface area contributed by atoms with E-state index in [1.165, 1.54) is 11.3 Å². The van der Waals surface area contributed by atoms with E-state index < -0.39 is 0 Å². The van der Waals surface area contributed by atoms with E-state index in [4.69, 9.17) is 11.6 Å². The van der Waals surface area contributed by atoms with Crippen molar-refractivity contribution >= 4 is 11.6 Å². The summed E-state index contributed by atoms with van der Waals surface area (Å²) in [6, 6.07) is 8.29. The summed E-state index contributed by atoms with van der Waals surface area (Å²) in [7, 11) is 0. The molecule has 0 aliphatic heterocycles. The van der Waals surface area contributed by atoms with Gasteiger partial charge in [-0.15, -0.1) is 0 Å². The van der Waals surface area contributed by atoms with Crippen molar-refractivity contribution in [2.24, 2.45) is 5.41 Å². The van der Waals surface area contributed by atoms with Crippen LogP contribution in [0.1, 0.15) is 44.5 Å². The van der Waals surface area contributed by atoms with Gasteiger partial charge in [0.15, 0.2) is 0 Å². The zero-order chi connectivity index (χ0) is 15.0. The Labute approximate surface area is 131 Å². The second-order valence-electron chi connectivity index (χ2n) is 6.59. The molecule has 0 bridgehead atoms. The van der Waals surface area contributed by atoms with Crippen LogP contribution in [0.5, 0.6) is 0 Å². The molecular weight excluding hydrogens is 282 g/mol. The molecule has 1 aliphatic carbocycles. The third-order valence-electron chi connectivity index (χ3n) is 4.20. The minimum atomic E-state index is 0.282. The lowest BCUT2D eigenvalue weighted by Crippen LogP contribution is -2.33. The zero-order valence-electron chi connectivity index (χ0n) is 12.9. The molecule has 0 fully saturated rings. The van der Waals surface area contributed by atoms with Gasteiger partial charge in [0, 0.05) is 22.3 Å². The maximum absolute atomic E-state index is 5.99. The summed E-state index contributed by atoms with van der Waals surface area (Å²) in [6.07, 6.45) is 4.22. The first kappa shape index (κ1) is 14.6. The molecule has 4 heteroatoms. The second-order valence-corrected chi connectivity index (χ2v) is 7.03. The average Bonchev–Trinajstić information content (AvgIpc) is 2.82. The SMILES string of the molecule is CCNC1CC(C)(C)Cc2c1cnn2-c1ccc(Cl)cc1. The van der Waals surface area contributed by atoms with Gasteiger partial charge in [-0.2, -0.15) is 5.10 Å². The molecule has 1 aromatic carbocycles. The fraction of sp³-hybridized carbons (Fsp3) is 0.471. The first-order valence-corrected chi connectivity index (χ1v) is 7.94. The molecule has 2 aromatic rings. The van der Waals surface area contributed by atoms with Gasteiger partial charge < -0.3 is 5.32 Å². The fourth-order valence-corrected chi connectivity index (χ4v) is 3.40. The Morgan fingerprint density at radius 2 is 2.05 bits per heavy atom. The molecule has 3 nitrogen and oxygen atoms in total. The molecule has 0 radical (unpaired) electrons. The molecule has 0 saturated carbocycles. The number of hydrogen-bond donors (Lipinski definition) is 1. The number of fused-ring (bicyclic) bond motifs is 1. The van der Waals surface area contributed by atoms with E-state index in [1.807, 2.05) is 30.5 Å². The molecule has 1 aliphatic rings. The first-order chi connectivity index (χ1) is 10.00. The van der Waals surface area contributed by atoms with Crippen LogP contribution >= 0.6 is 11.6 Å². The Morgan fingerprint density at radius 1 is 1.33 bits per heavy atom. The van der Waals surface area contributed by atoms with Gasteiger partial charge in [-0.3, -0.25) is 0 Å². The number of nitrogens with one attached hydrogen (secondary N) is 1. The molecule has 3 rings (SSSR count). The van der Waals surface area contributed by atoms with Crippen LogP contribution < -0.4 is 5.32 Å². The van der Waals surface area contributed by atoms with Gasteiger partial charge in [0.2, 0.25) is 0 Å². The molecule has 1 atom stereocenters. The molecule has 0 spiro atoms. The number of hydrogen-bond acceptors (Lipinski definition) is 2. The van der Waals surface area contributed by atoms with Crippen molar-refractivity contribution in [1.29, 1.82) is 0 Å². The monoisotopic (exact) mass is 303 g/mol. The third kappa shape index (κ3) is 2.85. The lowest BCUT2D eigenvalue weighted by Gasteiger charge is -2.36. The molecule has 21 heavy (non-hydrogen) atoms. The van der Waals surface area contributed by atoms with Crippen molar-refractivity contribution in [3.63, 3.8) is 0 Å². The summed E-state index contributed by atoms with van der Waals surface area (Å²) in [4.78, 5) is 0. The first-order valence-electron chi connectivity index (χ1n) is 7.56. The van der Waals surface area contributed by atoms with Gasteiger partial charge in [-0.1, -0.05) is 32.4 Å². The van der Waals surface area contributed by atoms with Crippen LogP contribution in [0.4, 0.5) is 0 Å². The highest BCUT2D eigenvalue weighted by atomic mass is 35.5. The number of benzene rings is 1. The van der Waals surface area contributed by atoms with Crippen LogP contribution in [0.15, 0.2) is 30.5 Å². The number of halogens is 1. The van der Waals surface area contributed by atoms with Gasteiger partial charge in [-0.25, -0.2) is 4.68 Å². The average molecular weight is 304 g/mol. The van der Waals surface area contributed by atoms with E-state index in [0.717, 1.165) is 30.1 Å². The van der Waals surface area contributed by atoms with Crippen molar-refractivity contribution in [1.82, 2.24) is 15.1 Å². The lowest BCUT2D eigenvalue weighted by molar-refractivity contribution is 0.255. The highest BCUT2D eigenvalue weighted by Gasteiger charge is 2.34. The van der Waals surface area contributed by atoms with Crippen LogP contribution in [0, 0.1) is 5.41 Å². The Balaban J connectivity index is 2.04. The molecule has 1 unspecified atom stereocenters. The van der Waals surface area contributed by atoms with Gasteiger partial charge >= 0.3 is 0 Å². The van der Waals surface area contributed by atoms with E-state index in [1.54, 1.807) is 0 Å². The highest BCUT2D eigenvalue weighted by Crippen LogP contribution is 2.41. The Morgan fingerprint density at radius 3 is 2.71 bits per heavy atom. The summed E-state index contributed by atoms with van der Waals surface area (Å²) in [5.41, 5.74) is 4.02. The number of rotatable bonds is 3. The molecule has 1 heterocycles. The van der Waals surface area contributed by atoms with Crippen molar-refractivity contribution in [3.05, 3.63) is 46.7 Å². The maximum atomic E-state index is 5.99. The van der Waals surface area contributed by atoms with Gasteiger partial charge in [0.25, 0.3) is 0 Å². The minimum Gasteiger partial charge on any atom is -0.310 e. The standard InChI is InChI=1S/C17H22ClN3/c1-4-19-15-9-17(2,3)10-16-14(15)11-20-21(16)13-7-5-12(18)6-8-13/h5-8,11,15,19H,4,9-10H2,1-3H3. The van der Waals surface area contributed by atoms with E-state index in [2.05, 4.69) is 35.9 Å². The van der Waals surface area contributed by atoms with Crippen molar-refractivity contribution < 1.29 is 0 Å². The van der Waals surface area contributed by atoms with Gasteiger partial charge in [-0.05, 0) is 49.1 Å². The van der Waals surface area contributed by atoms with E-state index in [9.17, 15) is 0 Å². The van der Waals surface area contributed by atoms with Crippen LogP contribution in [0.25, 0.3) is 5.69 Å². The number of aromatic nitrogens is 2. The zero-order valence-corrected chi connectivity index (χ0v) is 13.6. The smallest absolute Gasteiger partial charge is 0.0649 e. The predicted molar refractivity (Wildman–Crippen MR) is 87.1 cm³/mol. The van der Waals surface area contributed by atoms with Gasteiger partial charge in [0.1, 0.15) is 0 Å². The summed E-state index contributed by atoms with van der Waals surface area (Å²) in [5, 5.41) is 8.98. The van der Waals surface area contributed by atoms with E-state index in [0.29, 0.717) is 6.04 Å². The van der Waals surface area contributed by atoms with Crippen molar-refractivity contribution in [3.8, 4) is 5.69 Å². The molecule has 1 N–H and O–H groups in total. The maximum Gasteiger partial charge on any atom is 0.0649 e. The Bertz CT molecular complexity index is 628. The summed E-state index contributed by atoms with van der Waals surface area (Å²) >= 11 is 5.99. The molecular formula is C17H22ClN3. The van der Waals surface area contributed by atoms with Crippen molar-refractivity contribution in [2.75, 3.05) is 6.54 Å². The van der Waals surface area contributed by atoms with Crippen LogP contribution in [-0.4, -0.2) is 16.3 Å². The quantitative estimate of drug-likeness (QED) is 0.923. The summed E-state index contributed by atoms with van der Waals surface area (Å²) in [5.74, 6) is 0. The van der Waals surface area contributed by atoms with Crippen LogP contribution in [0.2, 0.25) is 5.02 Å². The highest BCUT2D eigenvalue weighted by molar-refractivity contribution is 6.30. The normalized spacial score (nSPS) is 20.3. The molecule has 1 aromatic heterocycles. The predicted octanol–water partition coefficient (Wildman–Crippen LogP) is 4.15. The largest absolute Gasteiger partial charge is 0.310 e. The minimum absolute atomic E-state index is 0.282. The molecule has 112 valence electrons. The topological polar surface area (TPSA) is 29.9 Å².